The standard InChI is InChI=1S/C16H20FNO5/c1-3-22-14-6-11(4-5-13(14)23-9-15(19)20)16(21)18-7-10(2)12(17)8-18/h4-6,10,12H,3,7-9H2,1-2H3,(H,19,20)/t10-,12+/m1/s1. The molecule has 1 aliphatic rings. The van der Waals surface area contributed by atoms with Crippen molar-refractivity contribution in [2.45, 2.75) is 20.0 Å². The molecule has 1 aromatic carbocycles. The number of carbonyl (C=O) groups excluding carboxylic acids is 1. The third-order valence-electron chi connectivity index (χ3n) is 3.65. The first-order chi connectivity index (χ1) is 10.9. The molecular weight excluding hydrogens is 305 g/mol. The van der Waals surface area contributed by atoms with Crippen molar-refractivity contribution < 1.29 is 28.6 Å². The summed E-state index contributed by atoms with van der Waals surface area (Å²) in [5.41, 5.74) is 0.359. The smallest absolute Gasteiger partial charge is 0.341 e. The molecule has 0 saturated carbocycles. The molecule has 1 aliphatic heterocycles. The summed E-state index contributed by atoms with van der Waals surface area (Å²) < 4.78 is 24.1. The number of aliphatic carboxylic acids is 1. The van der Waals surface area contributed by atoms with E-state index in [1.165, 1.54) is 23.1 Å². The SMILES string of the molecule is CCOc1cc(C(=O)N2C[C@@H](C)[C@@H](F)C2)ccc1OCC(=O)O. The van der Waals surface area contributed by atoms with E-state index in [-0.39, 0.29) is 24.1 Å². The van der Waals surface area contributed by atoms with Crippen LogP contribution in [0.3, 0.4) is 0 Å². The summed E-state index contributed by atoms with van der Waals surface area (Å²) >= 11 is 0. The first-order valence-corrected chi connectivity index (χ1v) is 7.47. The van der Waals surface area contributed by atoms with Gasteiger partial charge in [-0.1, -0.05) is 6.92 Å². The monoisotopic (exact) mass is 325 g/mol. The molecule has 1 saturated heterocycles. The van der Waals surface area contributed by atoms with Crippen LogP contribution in [0.1, 0.15) is 24.2 Å². The van der Waals surface area contributed by atoms with E-state index in [2.05, 4.69) is 0 Å². The minimum absolute atomic E-state index is 0.0846. The van der Waals surface area contributed by atoms with E-state index >= 15 is 0 Å². The van der Waals surface area contributed by atoms with Crippen LogP contribution >= 0.6 is 0 Å². The van der Waals surface area contributed by atoms with Gasteiger partial charge in [0.05, 0.1) is 13.2 Å². The van der Waals surface area contributed by atoms with Gasteiger partial charge in [0.2, 0.25) is 0 Å². The Kier molecular flexibility index (Phi) is 5.41. The Morgan fingerprint density at radius 1 is 1.30 bits per heavy atom. The number of hydrogen-bond acceptors (Lipinski definition) is 4. The van der Waals surface area contributed by atoms with Crippen LogP contribution in [0.25, 0.3) is 0 Å². The number of alkyl halides is 1. The number of ether oxygens (including phenoxy) is 2. The maximum Gasteiger partial charge on any atom is 0.341 e. The Labute approximate surface area is 133 Å². The first kappa shape index (κ1) is 17.1. The highest BCUT2D eigenvalue weighted by Gasteiger charge is 2.33. The number of carboxylic acids is 1. The molecule has 2 rings (SSSR count). The minimum atomic E-state index is -1.10. The molecule has 1 fully saturated rings. The predicted molar refractivity (Wildman–Crippen MR) is 80.7 cm³/mol. The van der Waals surface area contributed by atoms with Crippen LogP contribution in [0.2, 0.25) is 0 Å². The van der Waals surface area contributed by atoms with Crippen molar-refractivity contribution >= 4 is 11.9 Å². The van der Waals surface area contributed by atoms with Crippen LogP contribution in [0.15, 0.2) is 18.2 Å². The highest BCUT2D eigenvalue weighted by molar-refractivity contribution is 5.95. The fourth-order valence-electron chi connectivity index (χ4n) is 2.44. The van der Waals surface area contributed by atoms with Gasteiger partial charge in [-0.05, 0) is 25.1 Å². The maximum atomic E-state index is 13.6. The van der Waals surface area contributed by atoms with E-state index < -0.39 is 18.7 Å². The summed E-state index contributed by atoms with van der Waals surface area (Å²) in [7, 11) is 0. The number of amides is 1. The summed E-state index contributed by atoms with van der Waals surface area (Å²) in [4.78, 5) is 24.5. The molecule has 0 aromatic heterocycles. The van der Waals surface area contributed by atoms with Crippen molar-refractivity contribution in [3.05, 3.63) is 23.8 Å². The zero-order chi connectivity index (χ0) is 17.0. The summed E-state index contributed by atoms with van der Waals surface area (Å²) in [6.45, 7) is 3.84. The molecule has 1 heterocycles. The second-order valence-corrected chi connectivity index (χ2v) is 5.48. The lowest BCUT2D eigenvalue weighted by Gasteiger charge is -2.17. The van der Waals surface area contributed by atoms with Gasteiger partial charge in [-0.25, -0.2) is 9.18 Å². The van der Waals surface area contributed by atoms with Crippen molar-refractivity contribution in [3.8, 4) is 11.5 Å². The van der Waals surface area contributed by atoms with Gasteiger partial charge < -0.3 is 19.5 Å². The van der Waals surface area contributed by atoms with Gasteiger partial charge in [0, 0.05) is 18.0 Å². The molecule has 1 aromatic rings. The van der Waals surface area contributed by atoms with Crippen molar-refractivity contribution in [1.82, 2.24) is 4.90 Å². The van der Waals surface area contributed by atoms with E-state index in [1.54, 1.807) is 13.8 Å². The lowest BCUT2D eigenvalue weighted by molar-refractivity contribution is -0.139. The van der Waals surface area contributed by atoms with Crippen LogP contribution in [-0.2, 0) is 4.79 Å². The third-order valence-corrected chi connectivity index (χ3v) is 3.65. The molecule has 0 spiro atoms. The summed E-state index contributed by atoms with van der Waals surface area (Å²) in [5, 5.41) is 8.67. The molecule has 1 amide bonds. The van der Waals surface area contributed by atoms with E-state index in [9.17, 15) is 14.0 Å². The van der Waals surface area contributed by atoms with E-state index in [0.29, 0.717) is 24.5 Å². The molecule has 126 valence electrons. The number of carbonyl (C=O) groups is 2. The number of likely N-dealkylation sites (tertiary alicyclic amines) is 1. The van der Waals surface area contributed by atoms with E-state index in [0.717, 1.165) is 0 Å². The number of rotatable bonds is 6. The Balaban J connectivity index is 2.17. The molecule has 0 aliphatic carbocycles. The highest BCUT2D eigenvalue weighted by atomic mass is 19.1. The zero-order valence-electron chi connectivity index (χ0n) is 13.1. The van der Waals surface area contributed by atoms with Crippen LogP contribution in [0.5, 0.6) is 11.5 Å². The van der Waals surface area contributed by atoms with Gasteiger partial charge in [-0.15, -0.1) is 0 Å². The Hall–Kier alpha value is -2.31. The van der Waals surface area contributed by atoms with Gasteiger partial charge in [0.25, 0.3) is 5.91 Å². The number of halogens is 1. The topological polar surface area (TPSA) is 76.1 Å². The molecule has 0 unspecified atom stereocenters. The van der Waals surface area contributed by atoms with E-state index in [1.807, 2.05) is 0 Å². The van der Waals surface area contributed by atoms with Gasteiger partial charge >= 0.3 is 5.97 Å². The predicted octanol–water partition coefficient (Wildman–Crippen LogP) is 1.98. The maximum absolute atomic E-state index is 13.6. The van der Waals surface area contributed by atoms with Crippen molar-refractivity contribution in [3.63, 3.8) is 0 Å². The van der Waals surface area contributed by atoms with Gasteiger partial charge in [-0.2, -0.15) is 0 Å². The van der Waals surface area contributed by atoms with Crippen molar-refractivity contribution in [2.24, 2.45) is 5.92 Å². The van der Waals surface area contributed by atoms with Crippen molar-refractivity contribution in [2.75, 3.05) is 26.3 Å². The fraction of sp³-hybridized carbons (Fsp3) is 0.500. The summed E-state index contributed by atoms with van der Waals surface area (Å²) in [6, 6.07) is 4.52. The third kappa shape index (κ3) is 4.12. The molecule has 7 heteroatoms. The lowest BCUT2D eigenvalue weighted by atomic mass is 10.1. The summed E-state index contributed by atoms with van der Waals surface area (Å²) in [5.74, 6) is -1.01. The molecule has 1 N–H and O–H groups in total. The van der Waals surface area contributed by atoms with Crippen LogP contribution in [0.4, 0.5) is 4.39 Å². The van der Waals surface area contributed by atoms with Gasteiger partial charge in [0.1, 0.15) is 6.17 Å². The average molecular weight is 325 g/mol. The number of hydrogen-bond donors (Lipinski definition) is 1. The normalized spacial score (nSPS) is 20.4. The average Bonchev–Trinajstić information content (AvgIpc) is 2.85. The molecule has 6 nitrogen and oxygen atoms in total. The molecule has 0 radical (unpaired) electrons. The van der Waals surface area contributed by atoms with Gasteiger partial charge in [-0.3, -0.25) is 4.79 Å². The quantitative estimate of drug-likeness (QED) is 0.865. The number of carboxylic acid groups (broad SMARTS) is 1. The molecular formula is C16H20FNO5. The van der Waals surface area contributed by atoms with E-state index in [4.69, 9.17) is 14.6 Å². The molecule has 23 heavy (non-hydrogen) atoms. The Morgan fingerprint density at radius 2 is 2.04 bits per heavy atom. The zero-order valence-corrected chi connectivity index (χ0v) is 13.1. The largest absolute Gasteiger partial charge is 0.490 e. The number of benzene rings is 1. The Morgan fingerprint density at radius 3 is 2.61 bits per heavy atom. The second-order valence-electron chi connectivity index (χ2n) is 5.48. The minimum Gasteiger partial charge on any atom is -0.490 e. The lowest BCUT2D eigenvalue weighted by Crippen LogP contribution is -2.29. The second kappa shape index (κ2) is 7.30. The Bertz CT molecular complexity index is 582. The van der Waals surface area contributed by atoms with Crippen LogP contribution < -0.4 is 9.47 Å². The van der Waals surface area contributed by atoms with Gasteiger partial charge in [0.15, 0.2) is 18.1 Å². The highest BCUT2D eigenvalue weighted by Crippen LogP contribution is 2.30. The molecule has 0 bridgehead atoms. The van der Waals surface area contributed by atoms with Crippen LogP contribution in [0, 0.1) is 5.92 Å². The van der Waals surface area contributed by atoms with Crippen molar-refractivity contribution in [1.29, 1.82) is 0 Å². The molecule has 2 atom stereocenters. The fourth-order valence-corrected chi connectivity index (χ4v) is 2.44. The summed E-state index contributed by atoms with van der Waals surface area (Å²) in [6.07, 6.45) is -1.01. The first-order valence-electron chi connectivity index (χ1n) is 7.47. The number of nitrogens with zero attached hydrogens (tertiary/aromatic N) is 1. The van der Waals surface area contributed by atoms with Crippen LogP contribution in [-0.4, -0.2) is 54.4 Å².